The molecule has 5 rings (SSSR count). The minimum Gasteiger partial charge on any atom is -0.346 e. The Kier molecular flexibility index (Phi) is 5.92. The van der Waals surface area contributed by atoms with Gasteiger partial charge in [-0.3, -0.25) is 4.72 Å². The van der Waals surface area contributed by atoms with Gasteiger partial charge in [-0.2, -0.15) is 12.7 Å². The molecule has 186 valence electrons. The summed E-state index contributed by atoms with van der Waals surface area (Å²) in [6, 6.07) is 14.8. The SMILES string of the molecule is C=C(c1c(C)ccc(NS(=O)(=O)N2CCC(C)(F)C2)c1F)c1c[nH]c2ncc(-c3ccccc3)cc12. The number of halogens is 2. The van der Waals surface area contributed by atoms with Crippen LogP contribution >= 0.6 is 0 Å². The molecule has 1 aliphatic rings. The molecule has 0 spiro atoms. The van der Waals surface area contributed by atoms with Crippen LogP contribution in [-0.4, -0.2) is 41.4 Å². The number of fused-ring (bicyclic) bond motifs is 1. The number of nitrogens with zero attached hydrogens (tertiary/aromatic N) is 2. The number of nitrogens with one attached hydrogen (secondary N) is 2. The number of aryl methyl sites for hydroxylation is 1. The van der Waals surface area contributed by atoms with Crippen LogP contribution in [0.5, 0.6) is 0 Å². The van der Waals surface area contributed by atoms with Crippen LogP contribution < -0.4 is 4.72 Å². The predicted octanol–water partition coefficient (Wildman–Crippen LogP) is 5.83. The Bertz CT molecular complexity index is 1580. The van der Waals surface area contributed by atoms with Crippen LogP contribution in [-0.2, 0) is 10.2 Å². The van der Waals surface area contributed by atoms with Crippen molar-refractivity contribution in [2.45, 2.75) is 25.9 Å². The second-order valence-corrected chi connectivity index (χ2v) is 11.1. The molecule has 6 nitrogen and oxygen atoms in total. The highest BCUT2D eigenvalue weighted by atomic mass is 32.2. The summed E-state index contributed by atoms with van der Waals surface area (Å²) in [5.74, 6) is -0.743. The minimum absolute atomic E-state index is 0.0292. The maximum Gasteiger partial charge on any atom is 0.301 e. The van der Waals surface area contributed by atoms with E-state index in [4.69, 9.17) is 0 Å². The Balaban J connectivity index is 1.51. The van der Waals surface area contributed by atoms with Crippen molar-refractivity contribution in [1.29, 1.82) is 0 Å². The summed E-state index contributed by atoms with van der Waals surface area (Å²) in [5, 5.41) is 0.769. The summed E-state index contributed by atoms with van der Waals surface area (Å²) >= 11 is 0. The Labute approximate surface area is 208 Å². The van der Waals surface area contributed by atoms with E-state index in [1.807, 2.05) is 36.4 Å². The van der Waals surface area contributed by atoms with Crippen molar-refractivity contribution in [1.82, 2.24) is 14.3 Å². The molecule has 9 heteroatoms. The predicted molar refractivity (Wildman–Crippen MR) is 139 cm³/mol. The van der Waals surface area contributed by atoms with Gasteiger partial charge < -0.3 is 4.98 Å². The van der Waals surface area contributed by atoms with Crippen molar-refractivity contribution in [3.05, 3.63) is 90.0 Å². The van der Waals surface area contributed by atoms with Gasteiger partial charge in [-0.05, 0) is 49.1 Å². The first-order chi connectivity index (χ1) is 17.1. The van der Waals surface area contributed by atoms with Crippen LogP contribution in [0.15, 0.2) is 67.5 Å². The topological polar surface area (TPSA) is 78.1 Å². The van der Waals surface area contributed by atoms with Gasteiger partial charge in [-0.25, -0.2) is 13.8 Å². The van der Waals surface area contributed by atoms with E-state index in [0.717, 1.165) is 20.8 Å². The summed E-state index contributed by atoms with van der Waals surface area (Å²) in [6.45, 7) is 7.00. The first-order valence-electron chi connectivity index (χ1n) is 11.5. The fourth-order valence-corrected chi connectivity index (χ4v) is 5.93. The largest absolute Gasteiger partial charge is 0.346 e. The summed E-state index contributed by atoms with van der Waals surface area (Å²) in [7, 11) is -4.13. The van der Waals surface area contributed by atoms with Gasteiger partial charge in [0.1, 0.15) is 11.3 Å². The van der Waals surface area contributed by atoms with Crippen molar-refractivity contribution in [2.24, 2.45) is 0 Å². The summed E-state index contributed by atoms with van der Waals surface area (Å²) < 4.78 is 59.0. The highest BCUT2D eigenvalue weighted by Crippen LogP contribution is 2.36. The molecule has 0 amide bonds. The van der Waals surface area contributed by atoms with Gasteiger partial charge in [0.15, 0.2) is 5.82 Å². The molecular formula is C27H26F2N4O2S. The van der Waals surface area contributed by atoms with Crippen molar-refractivity contribution in [3.63, 3.8) is 0 Å². The molecule has 2 aromatic carbocycles. The molecule has 0 bridgehead atoms. The minimum atomic E-state index is -4.13. The molecule has 1 atom stereocenters. The number of alkyl halides is 1. The Hall–Kier alpha value is -3.56. The molecule has 0 saturated carbocycles. The standard InChI is InChI=1S/C27H26F2N4O2S/c1-17-9-10-23(32-36(34,35)33-12-11-27(3,29)16-33)25(28)24(17)18(2)22-15-31-26-21(22)13-20(14-30-26)19-7-5-4-6-8-19/h4-10,13-15,32H,2,11-12,16H2,1,3H3,(H,30,31). The van der Waals surface area contributed by atoms with E-state index in [9.17, 15) is 12.8 Å². The molecule has 1 fully saturated rings. The average Bonchev–Trinajstić information content (AvgIpc) is 3.44. The number of anilines is 1. The van der Waals surface area contributed by atoms with E-state index in [1.165, 1.54) is 13.0 Å². The Morgan fingerprint density at radius 2 is 1.94 bits per heavy atom. The maximum absolute atomic E-state index is 15.8. The van der Waals surface area contributed by atoms with Gasteiger partial charge in [0.05, 0.1) is 5.69 Å². The van der Waals surface area contributed by atoms with Crippen molar-refractivity contribution < 1.29 is 17.2 Å². The van der Waals surface area contributed by atoms with E-state index in [-0.39, 0.29) is 30.8 Å². The zero-order chi connectivity index (χ0) is 25.7. The quantitative estimate of drug-likeness (QED) is 0.344. The Morgan fingerprint density at radius 1 is 1.19 bits per heavy atom. The number of rotatable bonds is 6. The summed E-state index contributed by atoms with van der Waals surface area (Å²) in [4.78, 5) is 7.61. The van der Waals surface area contributed by atoms with E-state index >= 15 is 4.39 Å². The lowest BCUT2D eigenvalue weighted by molar-refractivity contribution is 0.208. The highest BCUT2D eigenvalue weighted by molar-refractivity contribution is 7.90. The molecule has 36 heavy (non-hydrogen) atoms. The Morgan fingerprint density at radius 3 is 2.64 bits per heavy atom. The molecule has 2 N–H and O–H groups in total. The fraction of sp³-hybridized carbons (Fsp3) is 0.222. The number of aromatic amines is 1. The number of hydrogen-bond acceptors (Lipinski definition) is 3. The van der Waals surface area contributed by atoms with E-state index in [2.05, 4.69) is 21.3 Å². The lowest BCUT2D eigenvalue weighted by Gasteiger charge is -2.20. The maximum atomic E-state index is 15.8. The summed E-state index contributed by atoms with van der Waals surface area (Å²) in [5.41, 5.74) is 2.54. The molecule has 0 aliphatic carbocycles. The van der Waals surface area contributed by atoms with Gasteiger partial charge in [-0.15, -0.1) is 0 Å². The average molecular weight is 509 g/mol. The highest BCUT2D eigenvalue weighted by Gasteiger charge is 2.39. The van der Waals surface area contributed by atoms with E-state index in [0.29, 0.717) is 22.3 Å². The molecule has 3 heterocycles. The second-order valence-electron chi connectivity index (χ2n) is 9.39. The van der Waals surface area contributed by atoms with Gasteiger partial charge in [0.25, 0.3) is 0 Å². The zero-order valence-corrected chi connectivity index (χ0v) is 20.8. The molecule has 0 radical (unpaired) electrons. The number of benzene rings is 2. The monoisotopic (exact) mass is 508 g/mol. The van der Waals surface area contributed by atoms with Crippen LogP contribution in [0.1, 0.15) is 30.0 Å². The molecule has 1 saturated heterocycles. The lowest BCUT2D eigenvalue weighted by atomic mass is 9.94. The smallest absolute Gasteiger partial charge is 0.301 e. The third-order valence-electron chi connectivity index (χ3n) is 6.58. The third kappa shape index (κ3) is 4.40. The van der Waals surface area contributed by atoms with Gasteiger partial charge >= 0.3 is 10.2 Å². The second kappa shape index (κ2) is 8.83. The van der Waals surface area contributed by atoms with Gasteiger partial charge in [0.2, 0.25) is 0 Å². The normalized spacial score (nSPS) is 18.6. The van der Waals surface area contributed by atoms with Gasteiger partial charge in [-0.1, -0.05) is 43.0 Å². The zero-order valence-electron chi connectivity index (χ0n) is 20.0. The summed E-state index contributed by atoms with van der Waals surface area (Å²) in [6.07, 6.45) is 3.57. The fourth-order valence-electron chi connectivity index (χ4n) is 4.59. The number of pyridine rings is 1. The first kappa shape index (κ1) is 24.1. The van der Waals surface area contributed by atoms with Crippen LogP contribution in [0.3, 0.4) is 0 Å². The van der Waals surface area contributed by atoms with Crippen LogP contribution in [0.4, 0.5) is 14.5 Å². The van der Waals surface area contributed by atoms with Crippen LogP contribution in [0, 0.1) is 12.7 Å². The number of H-pyrrole nitrogens is 1. The van der Waals surface area contributed by atoms with Crippen LogP contribution in [0.2, 0.25) is 0 Å². The molecule has 4 aromatic rings. The van der Waals surface area contributed by atoms with Crippen molar-refractivity contribution >= 4 is 32.5 Å². The van der Waals surface area contributed by atoms with Crippen LogP contribution in [0.25, 0.3) is 27.7 Å². The first-order valence-corrected chi connectivity index (χ1v) is 13.0. The lowest BCUT2D eigenvalue weighted by Crippen LogP contribution is -2.36. The van der Waals surface area contributed by atoms with Gasteiger partial charge in [0, 0.05) is 47.6 Å². The molecule has 1 aliphatic heterocycles. The third-order valence-corrected chi connectivity index (χ3v) is 8.05. The molecule has 1 unspecified atom stereocenters. The van der Waals surface area contributed by atoms with E-state index in [1.54, 1.807) is 25.4 Å². The van der Waals surface area contributed by atoms with E-state index < -0.39 is 21.7 Å². The van der Waals surface area contributed by atoms with Crippen molar-refractivity contribution in [2.75, 3.05) is 17.8 Å². The number of hydrogen-bond donors (Lipinski definition) is 2. The van der Waals surface area contributed by atoms with Crippen molar-refractivity contribution in [3.8, 4) is 11.1 Å². The molecular weight excluding hydrogens is 482 g/mol. The number of aromatic nitrogens is 2. The molecule has 2 aromatic heterocycles.